The van der Waals surface area contributed by atoms with E-state index in [-0.39, 0.29) is 5.97 Å². The van der Waals surface area contributed by atoms with E-state index in [2.05, 4.69) is 38.7 Å². The Kier molecular flexibility index (Phi) is 9.51. The van der Waals surface area contributed by atoms with E-state index in [0.29, 0.717) is 18.9 Å². The lowest BCUT2D eigenvalue weighted by molar-refractivity contribution is -0.140. The fraction of sp³-hybridized carbons (Fsp3) is 0.591. The van der Waals surface area contributed by atoms with Gasteiger partial charge in [-0.05, 0) is 76.4 Å². The standard InChI is InChI=1S/C22H34O3/c1-16(2)21-12-9-17(3)7-6-8-18(4)22(24)14-11-20(10-13-21)15-25-19(5)23/h7-8,10,21-22,24H,1,6,9,11-15H2,2-5H3/b17-7+,18-8+,20-10+/t21-,22-/m1/s1. The zero-order chi connectivity index (χ0) is 18.8. The number of esters is 1. The van der Waals surface area contributed by atoms with Gasteiger partial charge in [-0.15, -0.1) is 0 Å². The molecular weight excluding hydrogens is 312 g/mol. The molecule has 3 nitrogen and oxygen atoms in total. The first kappa shape index (κ1) is 21.4. The van der Waals surface area contributed by atoms with E-state index >= 15 is 0 Å². The molecule has 0 aromatic rings. The molecule has 0 saturated heterocycles. The van der Waals surface area contributed by atoms with Gasteiger partial charge in [-0.1, -0.05) is 36.0 Å². The minimum absolute atomic E-state index is 0.269. The minimum atomic E-state index is -0.450. The summed E-state index contributed by atoms with van der Waals surface area (Å²) in [6.07, 6.45) is 11.4. The van der Waals surface area contributed by atoms with Gasteiger partial charge in [0.05, 0.1) is 6.10 Å². The normalized spacial score (nSPS) is 29.9. The van der Waals surface area contributed by atoms with Crippen molar-refractivity contribution >= 4 is 5.97 Å². The quantitative estimate of drug-likeness (QED) is 0.559. The van der Waals surface area contributed by atoms with Gasteiger partial charge in [0.2, 0.25) is 0 Å². The minimum Gasteiger partial charge on any atom is -0.461 e. The molecule has 3 heteroatoms. The second kappa shape index (κ2) is 11.1. The van der Waals surface area contributed by atoms with Crippen molar-refractivity contribution in [3.05, 3.63) is 47.1 Å². The van der Waals surface area contributed by atoms with Gasteiger partial charge in [0.15, 0.2) is 0 Å². The van der Waals surface area contributed by atoms with Crippen molar-refractivity contribution in [3.8, 4) is 0 Å². The average Bonchev–Trinajstić information content (AvgIpc) is 2.54. The molecule has 0 heterocycles. The van der Waals surface area contributed by atoms with E-state index in [1.54, 1.807) is 0 Å². The molecule has 1 aliphatic carbocycles. The Balaban J connectivity index is 2.96. The summed E-state index contributed by atoms with van der Waals surface area (Å²) in [7, 11) is 0. The zero-order valence-corrected chi connectivity index (χ0v) is 16.3. The van der Waals surface area contributed by atoms with Crippen LogP contribution in [-0.4, -0.2) is 23.8 Å². The van der Waals surface area contributed by atoms with Crippen LogP contribution in [0.25, 0.3) is 0 Å². The third kappa shape index (κ3) is 8.87. The van der Waals surface area contributed by atoms with Gasteiger partial charge in [-0.3, -0.25) is 4.79 Å². The molecule has 2 atom stereocenters. The molecular formula is C22H34O3. The van der Waals surface area contributed by atoms with Crippen LogP contribution in [0.5, 0.6) is 0 Å². The molecule has 0 bridgehead atoms. The molecule has 1 N–H and O–H groups in total. The van der Waals surface area contributed by atoms with Crippen LogP contribution < -0.4 is 0 Å². The molecule has 25 heavy (non-hydrogen) atoms. The molecule has 0 fully saturated rings. The smallest absolute Gasteiger partial charge is 0.302 e. The Labute approximate surface area is 153 Å². The highest BCUT2D eigenvalue weighted by Crippen LogP contribution is 2.25. The molecule has 0 amide bonds. The largest absolute Gasteiger partial charge is 0.461 e. The van der Waals surface area contributed by atoms with E-state index < -0.39 is 6.10 Å². The van der Waals surface area contributed by atoms with Crippen LogP contribution in [0.4, 0.5) is 0 Å². The number of carbonyl (C=O) groups excluding carboxylic acids is 1. The lowest BCUT2D eigenvalue weighted by Gasteiger charge is -2.18. The number of ether oxygens (including phenoxy) is 1. The first-order chi connectivity index (χ1) is 11.8. The van der Waals surface area contributed by atoms with Crippen molar-refractivity contribution in [2.45, 2.75) is 72.3 Å². The summed E-state index contributed by atoms with van der Waals surface area (Å²) in [4.78, 5) is 11.1. The van der Waals surface area contributed by atoms with E-state index in [0.717, 1.165) is 43.3 Å². The fourth-order valence-corrected chi connectivity index (χ4v) is 2.94. The summed E-state index contributed by atoms with van der Waals surface area (Å²) in [6.45, 7) is 12.1. The molecule has 0 saturated carbocycles. The van der Waals surface area contributed by atoms with Gasteiger partial charge in [0.25, 0.3) is 0 Å². The second-order valence-corrected chi connectivity index (χ2v) is 7.25. The zero-order valence-electron chi connectivity index (χ0n) is 16.3. The lowest BCUT2D eigenvalue weighted by atomic mass is 9.89. The van der Waals surface area contributed by atoms with Crippen LogP contribution in [-0.2, 0) is 9.53 Å². The average molecular weight is 347 g/mol. The predicted molar refractivity (Wildman–Crippen MR) is 104 cm³/mol. The van der Waals surface area contributed by atoms with Crippen molar-refractivity contribution in [1.82, 2.24) is 0 Å². The molecule has 0 unspecified atom stereocenters. The SMILES string of the molecule is C=C(C)[C@H]1C/C=C(/COC(C)=O)CC[C@@H](O)/C(C)=C/C/C=C(\C)CC1. The van der Waals surface area contributed by atoms with Crippen LogP contribution >= 0.6 is 0 Å². The summed E-state index contributed by atoms with van der Waals surface area (Å²) in [5, 5.41) is 10.4. The molecule has 140 valence electrons. The number of allylic oxidation sites excluding steroid dienone is 5. The van der Waals surface area contributed by atoms with Crippen molar-refractivity contribution in [2.24, 2.45) is 5.92 Å². The Morgan fingerprint density at radius 3 is 2.56 bits per heavy atom. The molecule has 1 rings (SSSR count). The second-order valence-electron chi connectivity index (χ2n) is 7.25. The van der Waals surface area contributed by atoms with Crippen molar-refractivity contribution in [1.29, 1.82) is 0 Å². The highest BCUT2D eigenvalue weighted by Gasteiger charge is 2.12. The fourth-order valence-electron chi connectivity index (χ4n) is 2.94. The first-order valence-corrected chi connectivity index (χ1v) is 9.26. The van der Waals surface area contributed by atoms with Gasteiger partial charge in [-0.2, -0.15) is 0 Å². The van der Waals surface area contributed by atoms with Crippen LogP contribution in [0.1, 0.15) is 66.2 Å². The number of hydrogen-bond acceptors (Lipinski definition) is 3. The topological polar surface area (TPSA) is 46.5 Å². The number of aliphatic hydroxyl groups is 1. The summed E-state index contributed by atoms with van der Waals surface area (Å²) in [5.41, 5.74) is 4.66. The van der Waals surface area contributed by atoms with E-state index in [1.807, 2.05) is 6.92 Å². The van der Waals surface area contributed by atoms with Crippen LogP contribution in [0.2, 0.25) is 0 Å². The van der Waals surface area contributed by atoms with Crippen molar-refractivity contribution in [2.75, 3.05) is 6.61 Å². The van der Waals surface area contributed by atoms with Crippen molar-refractivity contribution in [3.63, 3.8) is 0 Å². The summed E-state index contributed by atoms with van der Waals surface area (Å²) < 4.78 is 5.19. The summed E-state index contributed by atoms with van der Waals surface area (Å²) in [5.74, 6) is 0.162. The van der Waals surface area contributed by atoms with E-state index in [9.17, 15) is 9.90 Å². The van der Waals surface area contributed by atoms with Crippen molar-refractivity contribution < 1.29 is 14.6 Å². The molecule has 1 aliphatic rings. The molecule has 0 aromatic heterocycles. The molecule has 0 spiro atoms. The maximum absolute atomic E-state index is 11.1. The molecule has 0 aliphatic heterocycles. The first-order valence-electron chi connectivity index (χ1n) is 9.26. The lowest BCUT2D eigenvalue weighted by Crippen LogP contribution is -2.11. The summed E-state index contributed by atoms with van der Waals surface area (Å²) in [6, 6.07) is 0. The van der Waals surface area contributed by atoms with Gasteiger partial charge in [0.1, 0.15) is 6.61 Å². The van der Waals surface area contributed by atoms with Gasteiger partial charge >= 0.3 is 5.97 Å². The van der Waals surface area contributed by atoms with E-state index in [4.69, 9.17) is 4.74 Å². The monoisotopic (exact) mass is 346 g/mol. The maximum Gasteiger partial charge on any atom is 0.302 e. The molecule has 0 radical (unpaired) electrons. The Morgan fingerprint density at radius 1 is 1.20 bits per heavy atom. The van der Waals surface area contributed by atoms with Gasteiger partial charge in [0, 0.05) is 6.92 Å². The van der Waals surface area contributed by atoms with Crippen LogP contribution in [0.15, 0.2) is 47.1 Å². The van der Waals surface area contributed by atoms with Gasteiger partial charge < -0.3 is 9.84 Å². The predicted octanol–water partition coefficient (Wildman–Crippen LogP) is 5.28. The van der Waals surface area contributed by atoms with Crippen LogP contribution in [0, 0.1) is 5.92 Å². The van der Waals surface area contributed by atoms with Gasteiger partial charge in [-0.25, -0.2) is 0 Å². The Bertz CT molecular complexity index is 552. The number of aliphatic hydroxyl groups excluding tert-OH is 1. The Morgan fingerprint density at radius 2 is 1.92 bits per heavy atom. The third-order valence-electron chi connectivity index (χ3n) is 4.91. The summed E-state index contributed by atoms with van der Waals surface area (Å²) >= 11 is 0. The molecule has 0 aromatic carbocycles. The van der Waals surface area contributed by atoms with Crippen LogP contribution in [0.3, 0.4) is 0 Å². The number of rotatable bonds is 3. The number of carbonyl (C=O) groups is 1. The Hall–Kier alpha value is -1.61. The van der Waals surface area contributed by atoms with E-state index in [1.165, 1.54) is 18.1 Å². The highest BCUT2D eigenvalue weighted by atomic mass is 16.5. The number of hydrogen-bond donors (Lipinski definition) is 1. The third-order valence-corrected chi connectivity index (χ3v) is 4.91. The highest BCUT2D eigenvalue weighted by molar-refractivity contribution is 5.66. The maximum atomic E-state index is 11.1.